The molecular weight excluding hydrogens is 248 g/mol. The molecule has 0 amide bonds. The number of nitrogens with two attached hydrogens (primary N) is 1. The molecule has 4 fully saturated rings. The van der Waals surface area contributed by atoms with Gasteiger partial charge in [0.1, 0.15) is 0 Å². The second-order valence-corrected chi connectivity index (χ2v) is 7.52. The Bertz CT molecular complexity index is 465. The molecule has 0 atom stereocenters. The Morgan fingerprint density at radius 1 is 1.10 bits per heavy atom. The summed E-state index contributed by atoms with van der Waals surface area (Å²) in [7, 11) is 0. The van der Waals surface area contributed by atoms with E-state index in [-0.39, 0.29) is 0 Å². The van der Waals surface area contributed by atoms with Crippen LogP contribution in [0.15, 0.2) is 4.52 Å². The highest BCUT2D eigenvalue weighted by molar-refractivity contribution is 5.39. The van der Waals surface area contributed by atoms with E-state index in [2.05, 4.69) is 12.1 Å². The molecule has 0 radical (unpaired) electrons. The van der Waals surface area contributed by atoms with Gasteiger partial charge in [0, 0.05) is 5.56 Å². The fourth-order valence-electron chi connectivity index (χ4n) is 5.62. The summed E-state index contributed by atoms with van der Waals surface area (Å²) in [4.78, 5) is 0. The Morgan fingerprint density at radius 3 is 2.35 bits per heavy atom. The van der Waals surface area contributed by atoms with Crippen molar-refractivity contribution in [2.75, 3.05) is 5.73 Å². The summed E-state index contributed by atoms with van der Waals surface area (Å²) in [5.41, 5.74) is 8.41. The van der Waals surface area contributed by atoms with Gasteiger partial charge in [0.2, 0.25) is 5.88 Å². The lowest BCUT2D eigenvalue weighted by molar-refractivity contribution is -0.0360. The summed E-state index contributed by atoms with van der Waals surface area (Å²) in [6.07, 6.45) is 10.7. The molecule has 3 heteroatoms. The van der Waals surface area contributed by atoms with Crippen LogP contribution in [0.25, 0.3) is 0 Å². The van der Waals surface area contributed by atoms with Crippen molar-refractivity contribution in [3.05, 3.63) is 11.3 Å². The first-order chi connectivity index (χ1) is 9.74. The molecule has 4 bridgehead atoms. The Balaban J connectivity index is 1.56. The third kappa shape index (κ3) is 1.97. The second kappa shape index (κ2) is 4.78. The van der Waals surface area contributed by atoms with E-state index in [0.29, 0.717) is 5.88 Å². The Labute approximate surface area is 121 Å². The average Bonchev–Trinajstić information content (AvgIpc) is 2.75. The number of rotatable bonds is 4. The summed E-state index contributed by atoms with van der Waals surface area (Å²) in [6.45, 7) is 2.19. The van der Waals surface area contributed by atoms with Gasteiger partial charge in [-0.05, 0) is 74.5 Å². The molecule has 1 aromatic heterocycles. The zero-order valence-corrected chi connectivity index (χ0v) is 12.5. The highest BCUT2D eigenvalue weighted by atomic mass is 16.5. The largest absolute Gasteiger partial charge is 0.367 e. The van der Waals surface area contributed by atoms with Crippen LogP contribution < -0.4 is 5.73 Å². The van der Waals surface area contributed by atoms with E-state index >= 15 is 0 Å². The monoisotopic (exact) mass is 274 g/mol. The third-order valence-electron chi connectivity index (χ3n) is 6.25. The molecule has 0 aliphatic heterocycles. The SMILES string of the molecule is CCCc1noc(N)c1CC1C2CC3CC(C2)CC1C3. The fourth-order valence-corrected chi connectivity index (χ4v) is 5.62. The minimum atomic E-state index is 0.585. The minimum absolute atomic E-state index is 0.585. The van der Waals surface area contributed by atoms with Crippen molar-refractivity contribution in [3.8, 4) is 0 Å². The molecule has 3 nitrogen and oxygen atoms in total. The summed E-state index contributed by atoms with van der Waals surface area (Å²) in [5.74, 6) is 5.43. The molecule has 110 valence electrons. The molecule has 4 aliphatic rings. The zero-order valence-electron chi connectivity index (χ0n) is 12.5. The molecule has 20 heavy (non-hydrogen) atoms. The van der Waals surface area contributed by atoms with Crippen LogP contribution in [0.3, 0.4) is 0 Å². The molecule has 0 spiro atoms. The maximum atomic E-state index is 6.05. The van der Waals surface area contributed by atoms with Gasteiger partial charge < -0.3 is 10.3 Å². The molecule has 0 saturated heterocycles. The number of anilines is 1. The van der Waals surface area contributed by atoms with Crippen LogP contribution in [0, 0.1) is 29.6 Å². The van der Waals surface area contributed by atoms with E-state index in [1.165, 1.54) is 37.7 Å². The van der Waals surface area contributed by atoms with Crippen LogP contribution in [-0.4, -0.2) is 5.16 Å². The van der Waals surface area contributed by atoms with Crippen LogP contribution in [0.2, 0.25) is 0 Å². The smallest absolute Gasteiger partial charge is 0.225 e. The van der Waals surface area contributed by atoms with E-state index in [4.69, 9.17) is 10.3 Å². The lowest BCUT2D eigenvalue weighted by Crippen LogP contribution is -2.45. The van der Waals surface area contributed by atoms with E-state index in [0.717, 1.165) is 54.5 Å². The number of hydrogen-bond acceptors (Lipinski definition) is 3. The molecule has 4 saturated carbocycles. The first-order valence-electron chi connectivity index (χ1n) is 8.47. The zero-order chi connectivity index (χ0) is 13.7. The standard InChI is InChI=1S/C17H26N2O/c1-2-3-16-15(17(18)20-19-16)9-14-12-5-10-4-11(7-12)8-13(14)6-10/h10-14H,2-9,18H2,1H3. The molecule has 0 aromatic carbocycles. The normalized spacial score (nSPS) is 38.5. The van der Waals surface area contributed by atoms with Gasteiger partial charge in [-0.3, -0.25) is 0 Å². The first kappa shape index (κ1) is 12.7. The quantitative estimate of drug-likeness (QED) is 0.908. The van der Waals surface area contributed by atoms with Crippen LogP contribution in [-0.2, 0) is 12.8 Å². The Morgan fingerprint density at radius 2 is 1.75 bits per heavy atom. The van der Waals surface area contributed by atoms with Crippen LogP contribution in [0.1, 0.15) is 56.7 Å². The fraction of sp³-hybridized carbons (Fsp3) is 0.824. The minimum Gasteiger partial charge on any atom is -0.367 e. The van der Waals surface area contributed by atoms with Crippen molar-refractivity contribution in [1.82, 2.24) is 5.16 Å². The van der Waals surface area contributed by atoms with Crippen molar-refractivity contribution in [2.24, 2.45) is 29.6 Å². The van der Waals surface area contributed by atoms with Gasteiger partial charge in [-0.15, -0.1) is 0 Å². The summed E-state index contributed by atoms with van der Waals surface area (Å²) in [6, 6.07) is 0. The number of nitrogen functional groups attached to an aromatic ring is 1. The van der Waals surface area contributed by atoms with Gasteiger partial charge in [-0.2, -0.15) is 0 Å². The molecule has 5 rings (SSSR count). The summed E-state index contributed by atoms with van der Waals surface area (Å²) >= 11 is 0. The van der Waals surface area contributed by atoms with E-state index in [1.807, 2.05) is 0 Å². The highest BCUT2D eigenvalue weighted by Crippen LogP contribution is 2.57. The van der Waals surface area contributed by atoms with Crippen molar-refractivity contribution in [3.63, 3.8) is 0 Å². The van der Waals surface area contributed by atoms with Gasteiger partial charge >= 0.3 is 0 Å². The number of aryl methyl sites for hydroxylation is 1. The molecule has 1 aromatic rings. The molecule has 2 N–H and O–H groups in total. The number of hydrogen-bond donors (Lipinski definition) is 1. The molecule has 0 unspecified atom stereocenters. The first-order valence-corrected chi connectivity index (χ1v) is 8.47. The van der Waals surface area contributed by atoms with E-state index < -0.39 is 0 Å². The summed E-state index contributed by atoms with van der Waals surface area (Å²) < 4.78 is 5.27. The van der Waals surface area contributed by atoms with Gasteiger partial charge in [-0.25, -0.2) is 0 Å². The maximum Gasteiger partial charge on any atom is 0.225 e. The average molecular weight is 274 g/mol. The van der Waals surface area contributed by atoms with Crippen molar-refractivity contribution in [2.45, 2.75) is 58.3 Å². The number of aromatic nitrogens is 1. The van der Waals surface area contributed by atoms with Crippen molar-refractivity contribution in [1.29, 1.82) is 0 Å². The lowest BCUT2D eigenvalue weighted by Gasteiger charge is -2.54. The number of nitrogens with zero attached hydrogens (tertiary/aromatic N) is 1. The van der Waals surface area contributed by atoms with Crippen LogP contribution in [0.4, 0.5) is 5.88 Å². The molecular formula is C17H26N2O. The van der Waals surface area contributed by atoms with E-state index in [1.54, 1.807) is 0 Å². The second-order valence-electron chi connectivity index (χ2n) is 7.52. The van der Waals surface area contributed by atoms with Gasteiger partial charge in [0.15, 0.2) is 0 Å². The maximum absolute atomic E-state index is 6.05. The van der Waals surface area contributed by atoms with Gasteiger partial charge in [-0.1, -0.05) is 18.5 Å². The van der Waals surface area contributed by atoms with Gasteiger partial charge in [0.05, 0.1) is 5.69 Å². The third-order valence-corrected chi connectivity index (χ3v) is 6.25. The Kier molecular flexibility index (Phi) is 3.04. The lowest BCUT2D eigenvalue weighted by atomic mass is 9.51. The van der Waals surface area contributed by atoms with Crippen molar-refractivity contribution >= 4 is 5.88 Å². The topological polar surface area (TPSA) is 52.0 Å². The predicted molar refractivity (Wildman–Crippen MR) is 79.1 cm³/mol. The molecule has 4 aliphatic carbocycles. The predicted octanol–water partition coefficient (Wildman–Crippen LogP) is 3.82. The highest BCUT2D eigenvalue weighted by Gasteiger charge is 2.48. The van der Waals surface area contributed by atoms with Crippen molar-refractivity contribution < 1.29 is 4.52 Å². The van der Waals surface area contributed by atoms with Crippen LogP contribution >= 0.6 is 0 Å². The van der Waals surface area contributed by atoms with E-state index in [9.17, 15) is 0 Å². The summed E-state index contributed by atoms with van der Waals surface area (Å²) in [5, 5.41) is 4.19. The van der Waals surface area contributed by atoms with Gasteiger partial charge in [0.25, 0.3) is 0 Å². The molecule has 1 heterocycles. The Hall–Kier alpha value is -0.990. The van der Waals surface area contributed by atoms with Crippen LogP contribution in [0.5, 0.6) is 0 Å².